The summed E-state index contributed by atoms with van der Waals surface area (Å²) in [6.07, 6.45) is 0. The van der Waals surface area contributed by atoms with Crippen molar-refractivity contribution < 1.29 is 13.7 Å². The van der Waals surface area contributed by atoms with Gasteiger partial charge in [-0.2, -0.15) is 4.39 Å². The van der Waals surface area contributed by atoms with Crippen LogP contribution in [0.4, 0.5) is 14.5 Å². The van der Waals surface area contributed by atoms with E-state index in [1.165, 1.54) is 6.92 Å². The van der Waals surface area contributed by atoms with E-state index in [-0.39, 0.29) is 5.69 Å². The number of nitrogens with one attached hydrogen (secondary N) is 1. The Morgan fingerprint density at radius 1 is 1.20 bits per heavy atom. The lowest BCUT2D eigenvalue weighted by Gasteiger charge is -2.06. The summed E-state index contributed by atoms with van der Waals surface area (Å²) in [5, 5.41) is 10.5. The number of nitro groups is 1. The quantitative estimate of drug-likeness (QED) is 0.657. The smallest absolute Gasteiger partial charge is 0.311 e. The van der Waals surface area contributed by atoms with Gasteiger partial charge in [-0.1, -0.05) is 0 Å². The maximum absolute atomic E-state index is 13.8. The van der Waals surface area contributed by atoms with Crippen molar-refractivity contribution in [2.24, 2.45) is 0 Å². The van der Waals surface area contributed by atoms with Gasteiger partial charge in [0, 0.05) is 17.8 Å². The van der Waals surface area contributed by atoms with Gasteiger partial charge in [-0.3, -0.25) is 14.9 Å². The fourth-order valence-electron chi connectivity index (χ4n) is 1.68. The minimum absolute atomic E-state index is 0.249. The number of aryl methyl sites for hydroxylation is 1. The highest BCUT2D eigenvalue weighted by molar-refractivity contribution is 5.43. The molecule has 0 amide bonds. The summed E-state index contributed by atoms with van der Waals surface area (Å²) in [5.74, 6) is -2.60. The fourth-order valence-corrected chi connectivity index (χ4v) is 1.68. The van der Waals surface area contributed by atoms with Crippen LogP contribution in [-0.4, -0.2) is 14.5 Å². The van der Waals surface area contributed by atoms with Crippen molar-refractivity contribution in [2.75, 3.05) is 0 Å². The Kier molecular flexibility index (Phi) is 3.18. The van der Waals surface area contributed by atoms with Crippen molar-refractivity contribution >= 4 is 5.69 Å². The van der Waals surface area contributed by atoms with Gasteiger partial charge in [0.2, 0.25) is 5.82 Å². The lowest BCUT2D eigenvalue weighted by molar-refractivity contribution is -0.387. The number of hydrogen-bond acceptors (Lipinski definition) is 4. The molecule has 0 saturated heterocycles. The minimum Gasteiger partial charge on any atom is -0.311 e. The van der Waals surface area contributed by atoms with Crippen LogP contribution >= 0.6 is 0 Å². The molecule has 20 heavy (non-hydrogen) atoms. The van der Waals surface area contributed by atoms with Crippen molar-refractivity contribution in [1.29, 1.82) is 0 Å². The summed E-state index contributed by atoms with van der Waals surface area (Å²) in [7, 11) is 0. The van der Waals surface area contributed by atoms with Crippen LogP contribution in [0.5, 0.6) is 0 Å². The highest BCUT2D eigenvalue weighted by Crippen LogP contribution is 2.22. The van der Waals surface area contributed by atoms with Crippen molar-refractivity contribution in [3.8, 4) is 5.69 Å². The van der Waals surface area contributed by atoms with Gasteiger partial charge in [0.1, 0.15) is 0 Å². The number of H-pyrrole nitrogens is 1. The second-order valence-corrected chi connectivity index (χ2v) is 3.94. The molecule has 1 heterocycles. The molecule has 0 aliphatic carbocycles. The van der Waals surface area contributed by atoms with E-state index in [2.05, 4.69) is 4.98 Å². The van der Waals surface area contributed by atoms with Crippen molar-refractivity contribution in [3.63, 3.8) is 0 Å². The first-order valence-corrected chi connectivity index (χ1v) is 5.28. The van der Waals surface area contributed by atoms with Crippen LogP contribution < -0.4 is 11.2 Å². The van der Waals surface area contributed by atoms with Gasteiger partial charge in [0.15, 0.2) is 5.82 Å². The van der Waals surface area contributed by atoms with Gasteiger partial charge in [-0.25, -0.2) is 13.8 Å². The third-order valence-corrected chi connectivity index (χ3v) is 2.52. The van der Waals surface area contributed by atoms with Crippen LogP contribution in [0.1, 0.15) is 5.69 Å². The largest absolute Gasteiger partial charge is 0.333 e. The molecule has 0 spiro atoms. The SMILES string of the molecule is Cc1cc(=O)n(-c2cc(F)c([N+](=O)[O-])cc2F)c(=O)[nH]1. The van der Waals surface area contributed by atoms with Gasteiger partial charge in [-0.15, -0.1) is 0 Å². The molecule has 0 radical (unpaired) electrons. The highest BCUT2D eigenvalue weighted by Gasteiger charge is 2.21. The first-order valence-electron chi connectivity index (χ1n) is 5.28. The highest BCUT2D eigenvalue weighted by atomic mass is 19.1. The van der Waals surface area contributed by atoms with E-state index in [9.17, 15) is 28.5 Å². The molecule has 1 N–H and O–H groups in total. The fraction of sp³-hybridized carbons (Fsp3) is 0.0909. The molecule has 0 saturated carbocycles. The number of nitro benzene ring substituents is 1. The third-order valence-electron chi connectivity index (χ3n) is 2.52. The molecule has 1 aromatic heterocycles. The van der Waals surface area contributed by atoms with E-state index in [4.69, 9.17) is 0 Å². The molecule has 9 heteroatoms. The average Bonchev–Trinajstić information content (AvgIpc) is 2.31. The van der Waals surface area contributed by atoms with E-state index in [1.54, 1.807) is 0 Å². The summed E-state index contributed by atoms with van der Waals surface area (Å²) in [6, 6.07) is 1.76. The van der Waals surface area contributed by atoms with Crippen LogP contribution in [0.2, 0.25) is 0 Å². The second-order valence-electron chi connectivity index (χ2n) is 3.94. The summed E-state index contributed by atoms with van der Waals surface area (Å²) in [6.45, 7) is 1.44. The molecule has 0 aliphatic rings. The zero-order valence-electron chi connectivity index (χ0n) is 10.0. The third kappa shape index (κ3) is 2.20. The summed E-state index contributed by atoms with van der Waals surface area (Å²) in [5.41, 5.74) is -3.37. The molecular weight excluding hydrogens is 276 g/mol. The predicted octanol–water partition coefficient (Wildman–Crippen LogP) is 1.02. The van der Waals surface area contributed by atoms with Crippen molar-refractivity contribution in [2.45, 2.75) is 6.92 Å². The van der Waals surface area contributed by atoms with Gasteiger partial charge >= 0.3 is 11.4 Å². The molecule has 0 atom stereocenters. The van der Waals surface area contributed by atoms with Gasteiger partial charge < -0.3 is 4.98 Å². The number of halogens is 2. The van der Waals surface area contributed by atoms with Crippen molar-refractivity contribution in [3.05, 3.63) is 66.5 Å². The van der Waals surface area contributed by atoms with E-state index in [0.29, 0.717) is 16.7 Å². The lowest BCUT2D eigenvalue weighted by atomic mass is 10.2. The Hall–Kier alpha value is -2.84. The molecule has 0 bridgehead atoms. The van der Waals surface area contributed by atoms with E-state index < -0.39 is 39.2 Å². The number of nitrogens with zero attached hydrogens (tertiary/aromatic N) is 2. The molecule has 2 rings (SSSR count). The second kappa shape index (κ2) is 4.68. The Bertz CT molecular complexity index is 794. The molecule has 1 aromatic carbocycles. The molecule has 2 aromatic rings. The van der Waals surface area contributed by atoms with Crippen LogP contribution in [-0.2, 0) is 0 Å². The lowest BCUT2D eigenvalue weighted by Crippen LogP contribution is -2.34. The molecule has 0 fully saturated rings. The molecule has 104 valence electrons. The zero-order valence-corrected chi connectivity index (χ0v) is 10.0. The summed E-state index contributed by atoms with van der Waals surface area (Å²) >= 11 is 0. The van der Waals surface area contributed by atoms with E-state index >= 15 is 0 Å². The summed E-state index contributed by atoms with van der Waals surface area (Å²) < 4.78 is 27.6. The molecule has 0 aliphatic heterocycles. The monoisotopic (exact) mass is 283 g/mol. The van der Waals surface area contributed by atoms with Crippen LogP contribution in [0, 0.1) is 28.7 Å². The Morgan fingerprint density at radius 3 is 2.40 bits per heavy atom. The summed E-state index contributed by atoms with van der Waals surface area (Å²) in [4.78, 5) is 34.9. The van der Waals surface area contributed by atoms with Crippen LogP contribution in [0.25, 0.3) is 5.69 Å². The van der Waals surface area contributed by atoms with Crippen molar-refractivity contribution in [1.82, 2.24) is 9.55 Å². The van der Waals surface area contributed by atoms with Gasteiger partial charge in [-0.05, 0) is 6.92 Å². The van der Waals surface area contributed by atoms with E-state index in [0.717, 1.165) is 6.07 Å². The topological polar surface area (TPSA) is 98.0 Å². The Balaban J connectivity index is 2.79. The molecule has 7 nitrogen and oxygen atoms in total. The number of benzene rings is 1. The molecule has 0 unspecified atom stereocenters. The number of rotatable bonds is 2. The number of aromatic amines is 1. The van der Waals surface area contributed by atoms with Crippen LogP contribution in [0.15, 0.2) is 27.8 Å². The first kappa shape index (κ1) is 13.6. The predicted molar refractivity (Wildman–Crippen MR) is 64.0 cm³/mol. The number of aromatic nitrogens is 2. The minimum atomic E-state index is -1.35. The maximum Gasteiger partial charge on any atom is 0.333 e. The Morgan fingerprint density at radius 2 is 1.85 bits per heavy atom. The van der Waals surface area contributed by atoms with Gasteiger partial charge in [0.05, 0.1) is 16.7 Å². The average molecular weight is 283 g/mol. The van der Waals surface area contributed by atoms with E-state index in [1.807, 2.05) is 0 Å². The zero-order chi connectivity index (χ0) is 15.0. The van der Waals surface area contributed by atoms with Gasteiger partial charge in [0.25, 0.3) is 5.56 Å². The first-order chi connectivity index (χ1) is 9.31. The van der Waals surface area contributed by atoms with Crippen LogP contribution in [0.3, 0.4) is 0 Å². The normalized spacial score (nSPS) is 10.6. The Labute approximate surface area is 109 Å². The number of hydrogen-bond donors (Lipinski definition) is 1. The standard InChI is InChI=1S/C11H7F2N3O4/c1-5-2-10(17)15(11(18)14-5)8-3-7(13)9(16(19)20)4-6(8)12/h2-4H,1H3,(H,14,18). The molecular formula is C11H7F2N3O4. The maximum atomic E-state index is 13.8.